The zero-order valence-electron chi connectivity index (χ0n) is 8.46. The molecule has 1 aromatic carbocycles. The fraction of sp³-hybridized carbons (Fsp3) is 0.100. The van der Waals surface area contributed by atoms with Crippen molar-refractivity contribution in [1.29, 1.82) is 0 Å². The summed E-state index contributed by atoms with van der Waals surface area (Å²) in [5.74, 6) is 0. The van der Waals surface area contributed by atoms with E-state index in [-0.39, 0.29) is 5.16 Å². The van der Waals surface area contributed by atoms with Crippen LogP contribution in [-0.4, -0.2) is 24.2 Å². The molecule has 0 bridgehead atoms. The lowest BCUT2D eigenvalue weighted by atomic mass is 10.3. The van der Waals surface area contributed by atoms with Crippen LogP contribution in [0.3, 0.4) is 0 Å². The Kier molecular flexibility index (Phi) is 2.86. The second-order valence-corrected chi connectivity index (χ2v) is 6.15. The molecule has 0 radical (unpaired) electrons. The van der Waals surface area contributed by atoms with Gasteiger partial charge in [-0.15, -0.1) is 0 Å². The molecular weight excluding hydrogens is 292 g/mol. The highest BCUT2D eigenvalue weighted by atomic mass is 79.9. The maximum atomic E-state index is 11.5. The van der Waals surface area contributed by atoms with Gasteiger partial charge in [0.25, 0.3) is 0 Å². The summed E-state index contributed by atoms with van der Waals surface area (Å²) in [5, 5.41) is 0.0508. The molecule has 0 N–H and O–H groups in total. The Bertz CT molecular complexity index is 602. The van der Waals surface area contributed by atoms with Crippen molar-refractivity contribution in [2.75, 3.05) is 6.26 Å². The number of halogens is 1. The number of rotatable bonds is 2. The lowest BCUT2D eigenvalue weighted by Gasteiger charge is -2.05. The van der Waals surface area contributed by atoms with Gasteiger partial charge in [0.05, 0.1) is 0 Å². The van der Waals surface area contributed by atoms with Gasteiger partial charge in [-0.1, -0.05) is 15.9 Å². The molecule has 0 amide bonds. The first-order valence-corrected chi connectivity index (χ1v) is 7.16. The van der Waals surface area contributed by atoms with Crippen LogP contribution in [0.2, 0.25) is 0 Å². The van der Waals surface area contributed by atoms with E-state index in [9.17, 15) is 8.42 Å². The molecule has 84 valence electrons. The van der Waals surface area contributed by atoms with Crippen LogP contribution in [-0.2, 0) is 9.84 Å². The van der Waals surface area contributed by atoms with E-state index >= 15 is 0 Å². The first-order chi connectivity index (χ1) is 7.48. The molecule has 0 saturated heterocycles. The number of benzene rings is 1. The van der Waals surface area contributed by atoms with Crippen molar-refractivity contribution in [1.82, 2.24) is 9.55 Å². The lowest BCUT2D eigenvalue weighted by Crippen LogP contribution is -2.07. The first-order valence-electron chi connectivity index (χ1n) is 4.48. The molecule has 2 aromatic rings. The highest BCUT2D eigenvalue weighted by Gasteiger charge is 2.15. The van der Waals surface area contributed by atoms with Crippen LogP contribution in [0.5, 0.6) is 0 Å². The van der Waals surface area contributed by atoms with Gasteiger partial charge in [0.2, 0.25) is 15.0 Å². The van der Waals surface area contributed by atoms with Crippen molar-refractivity contribution in [2.45, 2.75) is 5.16 Å². The molecule has 1 heterocycles. The van der Waals surface area contributed by atoms with Gasteiger partial charge in [0, 0.05) is 28.8 Å². The minimum absolute atomic E-state index is 0.0508. The Morgan fingerprint density at radius 2 is 1.88 bits per heavy atom. The Morgan fingerprint density at radius 3 is 2.44 bits per heavy atom. The van der Waals surface area contributed by atoms with Gasteiger partial charge < -0.3 is 0 Å². The molecule has 6 heteroatoms. The van der Waals surface area contributed by atoms with Crippen molar-refractivity contribution in [3.63, 3.8) is 0 Å². The van der Waals surface area contributed by atoms with Gasteiger partial charge in [0.1, 0.15) is 0 Å². The SMILES string of the molecule is CS(=O)(=O)c1nccn1-c1ccc(Br)cc1. The summed E-state index contributed by atoms with van der Waals surface area (Å²) in [6.45, 7) is 0. The normalized spacial score (nSPS) is 11.6. The van der Waals surface area contributed by atoms with E-state index < -0.39 is 9.84 Å². The van der Waals surface area contributed by atoms with Gasteiger partial charge in [-0.3, -0.25) is 4.57 Å². The summed E-state index contributed by atoms with van der Waals surface area (Å²) >= 11 is 3.32. The van der Waals surface area contributed by atoms with E-state index in [1.54, 1.807) is 10.8 Å². The zero-order chi connectivity index (χ0) is 11.8. The third-order valence-electron chi connectivity index (χ3n) is 2.04. The number of hydrogen-bond donors (Lipinski definition) is 0. The van der Waals surface area contributed by atoms with Gasteiger partial charge in [-0.2, -0.15) is 0 Å². The van der Waals surface area contributed by atoms with Gasteiger partial charge in [-0.25, -0.2) is 13.4 Å². The molecule has 2 rings (SSSR count). The Balaban J connectivity index is 2.58. The highest BCUT2D eigenvalue weighted by molar-refractivity contribution is 9.10. The molecule has 0 saturated carbocycles. The zero-order valence-corrected chi connectivity index (χ0v) is 10.9. The molecule has 4 nitrogen and oxygen atoms in total. The van der Waals surface area contributed by atoms with Crippen molar-refractivity contribution in [3.8, 4) is 5.69 Å². The minimum Gasteiger partial charge on any atom is -0.291 e. The van der Waals surface area contributed by atoms with Crippen molar-refractivity contribution in [2.24, 2.45) is 0 Å². The summed E-state index contributed by atoms with van der Waals surface area (Å²) in [6.07, 6.45) is 4.24. The first kappa shape index (κ1) is 11.3. The summed E-state index contributed by atoms with van der Waals surface area (Å²) in [5.41, 5.74) is 0.765. The number of nitrogens with zero attached hydrogens (tertiary/aromatic N) is 2. The van der Waals surface area contributed by atoms with E-state index in [4.69, 9.17) is 0 Å². The maximum absolute atomic E-state index is 11.5. The van der Waals surface area contributed by atoms with Crippen molar-refractivity contribution in [3.05, 3.63) is 41.1 Å². The molecule has 0 spiro atoms. The van der Waals surface area contributed by atoms with Crippen molar-refractivity contribution >= 4 is 25.8 Å². The summed E-state index contributed by atoms with van der Waals surface area (Å²) in [4.78, 5) is 3.85. The topological polar surface area (TPSA) is 52.0 Å². The minimum atomic E-state index is -3.31. The molecule has 0 unspecified atom stereocenters. The van der Waals surface area contributed by atoms with E-state index in [2.05, 4.69) is 20.9 Å². The smallest absolute Gasteiger partial charge is 0.231 e. The van der Waals surface area contributed by atoms with Crippen LogP contribution < -0.4 is 0 Å². The molecule has 0 aliphatic rings. The average molecular weight is 301 g/mol. The second kappa shape index (κ2) is 4.03. The fourth-order valence-corrected chi connectivity index (χ4v) is 2.40. The number of aromatic nitrogens is 2. The van der Waals surface area contributed by atoms with E-state index in [1.165, 1.54) is 6.20 Å². The standard InChI is InChI=1S/C10H9BrN2O2S/c1-16(14,15)10-12-6-7-13(10)9-4-2-8(11)3-5-9/h2-7H,1H3. The highest BCUT2D eigenvalue weighted by Crippen LogP contribution is 2.17. The lowest BCUT2D eigenvalue weighted by molar-refractivity contribution is 0.590. The Labute approximate surface area is 102 Å². The largest absolute Gasteiger partial charge is 0.291 e. The Morgan fingerprint density at radius 1 is 1.25 bits per heavy atom. The van der Waals surface area contributed by atoms with Crippen LogP contribution in [0.4, 0.5) is 0 Å². The molecule has 0 fully saturated rings. The summed E-state index contributed by atoms with van der Waals surface area (Å²) < 4.78 is 25.4. The summed E-state index contributed by atoms with van der Waals surface area (Å²) in [7, 11) is -3.31. The van der Waals surface area contributed by atoms with Crippen LogP contribution >= 0.6 is 15.9 Å². The summed E-state index contributed by atoms with van der Waals surface area (Å²) in [6, 6.07) is 7.34. The molecule has 0 aliphatic heterocycles. The fourth-order valence-electron chi connectivity index (χ4n) is 1.36. The van der Waals surface area contributed by atoms with E-state index in [1.807, 2.05) is 24.3 Å². The van der Waals surface area contributed by atoms with Gasteiger partial charge in [-0.05, 0) is 24.3 Å². The molecular formula is C10H9BrN2O2S. The Hall–Kier alpha value is -1.14. The van der Waals surface area contributed by atoms with Crippen molar-refractivity contribution < 1.29 is 8.42 Å². The quantitative estimate of drug-likeness (QED) is 0.853. The predicted octanol–water partition coefficient (Wildman–Crippen LogP) is 2.04. The third kappa shape index (κ3) is 2.17. The number of imidazole rings is 1. The van der Waals surface area contributed by atoms with Crippen LogP contribution in [0.1, 0.15) is 0 Å². The monoisotopic (exact) mass is 300 g/mol. The molecule has 16 heavy (non-hydrogen) atoms. The average Bonchev–Trinajstić information content (AvgIpc) is 2.66. The molecule has 0 atom stereocenters. The van der Waals surface area contributed by atoms with Gasteiger partial charge in [0.15, 0.2) is 0 Å². The maximum Gasteiger partial charge on any atom is 0.231 e. The van der Waals surface area contributed by atoms with Crippen LogP contribution in [0.15, 0.2) is 46.3 Å². The molecule has 1 aromatic heterocycles. The number of hydrogen-bond acceptors (Lipinski definition) is 3. The molecule has 0 aliphatic carbocycles. The second-order valence-electron chi connectivity index (χ2n) is 3.33. The van der Waals surface area contributed by atoms with Crippen LogP contribution in [0.25, 0.3) is 5.69 Å². The number of sulfone groups is 1. The predicted molar refractivity (Wildman–Crippen MR) is 64.4 cm³/mol. The van der Waals surface area contributed by atoms with Gasteiger partial charge >= 0.3 is 0 Å². The van der Waals surface area contributed by atoms with E-state index in [0.717, 1.165) is 16.4 Å². The van der Waals surface area contributed by atoms with E-state index in [0.29, 0.717) is 0 Å². The third-order valence-corrected chi connectivity index (χ3v) is 3.54. The van der Waals surface area contributed by atoms with Crippen LogP contribution in [0, 0.1) is 0 Å².